The lowest BCUT2D eigenvalue weighted by Crippen LogP contribution is -2.45. The summed E-state index contributed by atoms with van der Waals surface area (Å²) in [5.41, 5.74) is 0. The van der Waals surface area contributed by atoms with Crippen molar-refractivity contribution < 1.29 is 24.5 Å². The van der Waals surface area contributed by atoms with Crippen LogP contribution in [0.5, 0.6) is 0 Å². The number of unbranched alkanes of at least 4 members (excludes halogenated alkanes) is 60. The maximum Gasteiger partial charge on any atom is 0.305 e. The fraction of sp³-hybridized carbons (Fsp3) is 0.973. The number of nitrogens with one attached hydrogen (secondary N) is 1. The van der Waals surface area contributed by atoms with Crippen LogP contribution in [0, 0.1) is 0 Å². The molecule has 0 saturated heterocycles. The zero-order chi connectivity index (χ0) is 57.8. The molecule has 0 bridgehead atoms. The monoisotopic (exact) mass is 1130 g/mol. The number of hydrogen-bond acceptors (Lipinski definition) is 5. The number of amides is 1. The first kappa shape index (κ1) is 78.9. The van der Waals surface area contributed by atoms with Gasteiger partial charge in [-0.25, -0.2) is 0 Å². The SMILES string of the molecule is CCCCCCCCCCCCCCCCCCCCCCCC(O)C(CO)NC(=O)CCCCCCCCCCCCCCCCCCCCCCCCCCCCCCCCOC(=O)CCCCCCCCCCCCCC. The molecular weight excluding hydrogens is 983 g/mol. The molecule has 2 unspecified atom stereocenters. The van der Waals surface area contributed by atoms with Crippen LogP contribution in [0.25, 0.3) is 0 Å². The predicted octanol–water partition coefficient (Wildman–Crippen LogP) is 24.2. The van der Waals surface area contributed by atoms with Crippen LogP contribution in [0.15, 0.2) is 0 Å². The molecule has 1 amide bonds. The van der Waals surface area contributed by atoms with Gasteiger partial charge in [0.05, 0.1) is 25.4 Å². The van der Waals surface area contributed by atoms with E-state index in [-0.39, 0.29) is 18.5 Å². The molecule has 0 aliphatic carbocycles. The van der Waals surface area contributed by atoms with E-state index in [1.165, 1.54) is 366 Å². The van der Waals surface area contributed by atoms with Gasteiger partial charge in [0.1, 0.15) is 0 Å². The van der Waals surface area contributed by atoms with Crippen molar-refractivity contribution in [1.82, 2.24) is 5.32 Å². The molecule has 0 aromatic rings. The average Bonchev–Trinajstić information content (AvgIpc) is 3.46. The van der Waals surface area contributed by atoms with E-state index in [2.05, 4.69) is 19.2 Å². The van der Waals surface area contributed by atoms with E-state index in [1.807, 2.05) is 0 Å². The van der Waals surface area contributed by atoms with Gasteiger partial charge in [-0.1, -0.05) is 399 Å². The first-order valence-electron chi connectivity index (χ1n) is 37.3. The number of rotatable bonds is 71. The Morgan fingerprint density at radius 2 is 0.512 bits per heavy atom. The number of carbonyl (C=O) groups is 2. The van der Waals surface area contributed by atoms with Gasteiger partial charge < -0.3 is 20.3 Å². The van der Waals surface area contributed by atoms with Gasteiger partial charge >= 0.3 is 5.97 Å². The molecule has 0 aliphatic rings. The van der Waals surface area contributed by atoms with E-state index >= 15 is 0 Å². The molecule has 6 nitrogen and oxygen atoms in total. The molecule has 0 aromatic heterocycles. The minimum Gasteiger partial charge on any atom is -0.466 e. The van der Waals surface area contributed by atoms with Crippen molar-refractivity contribution in [3.8, 4) is 0 Å². The largest absolute Gasteiger partial charge is 0.466 e. The minimum atomic E-state index is -0.661. The summed E-state index contributed by atoms with van der Waals surface area (Å²) in [4.78, 5) is 24.6. The molecule has 0 saturated carbocycles. The molecule has 478 valence electrons. The Hall–Kier alpha value is -1.14. The zero-order valence-corrected chi connectivity index (χ0v) is 54.9. The Kier molecular flexibility index (Phi) is 69.3. The summed E-state index contributed by atoms with van der Waals surface area (Å²) in [6.07, 6.45) is 86.0. The Morgan fingerprint density at radius 3 is 0.762 bits per heavy atom. The lowest BCUT2D eigenvalue weighted by atomic mass is 10.0. The van der Waals surface area contributed by atoms with Crippen molar-refractivity contribution in [2.75, 3.05) is 13.2 Å². The minimum absolute atomic E-state index is 0.0221. The number of esters is 1. The molecule has 0 aliphatic heterocycles. The van der Waals surface area contributed by atoms with Crippen molar-refractivity contribution in [2.45, 2.75) is 450 Å². The summed E-state index contributed by atoms with van der Waals surface area (Å²) in [5.74, 6) is -0.00318. The summed E-state index contributed by atoms with van der Waals surface area (Å²) < 4.78 is 5.49. The van der Waals surface area contributed by atoms with Crippen LogP contribution in [0.3, 0.4) is 0 Å². The van der Waals surface area contributed by atoms with Crippen LogP contribution >= 0.6 is 0 Å². The molecule has 2 atom stereocenters. The highest BCUT2D eigenvalue weighted by atomic mass is 16.5. The maximum atomic E-state index is 12.6. The van der Waals surface area contributed by atoms with Crippen LogP contribution in [-0.2, 0) is 14.3 Å². The third-order valence-electron chi connectivity index (χ3n) is 17.9. The molecular formula is C74H147NO5. The topological polar surface area (TPSA) is 95.9 Å². The summed E-state index contributed by atoms with van der Waals surface area (Å²) in [6, 6.07) is -0.538. The normalized spacial score (nSPS) is 12.4. The predicted molar refractivity (Wildman–Crippen MR) is 352 cm³/mol. The van der Waals surface area contributed by atoms with Crippen LogP contribution in [0.2, 0.25) is 0 Å². The summed E-state index contributed by atoms with van der Waals surface area (Å²) >= 11 is 0. The van der Waals surface area contributed by atoms with Gasteiger partial charge in [-0.2, -0.15) is 0 Å². The lowest BCUT2D eigenvalue weighted by Gasteiger charge is -2.22. The highest BCUT2D eigenvalue weighted by Crippen LogP contribution is 2.20. The summed E-state index contributed by atoms with van der Waals surface area (Å²) in [7, 11) is 0. The number of ether oxygens (including phenoxy) is 1. The standard InChI is InChI=1S/C74H147NO5/c1-3-5-7-9-11-13-15-17-18-19-20-31-34-37-40-43-46-50-54-58-62-66-72(77)71(70-76)75-73(78)67-63-59-55-51-47-44-41-38-35-32-29-27-25-23-21-22-24-26-28-30-33-36-39-42-45-49-53-57-61-65-69-80-74(79)68-64-60-56-52-48-16-14-12-10-8-6-4-2/h71-72,76-77H,3-70H2,1-2H3,(H,75,78). The van der Waals surface area contributed by atoms with Crippen molar-refractivity contribution in [3.63, 3.8) is 0 Å². The van der Waals surface area contributed by atoms with Crippen molar-refractivity contribution >= 4 is 11.9 Å². The summed E-state index contributed by atoms with van der Waals surface area (Å²) in [5, 5.41) is 23.4. The highest BCUT2D eigenvalue weighted by molar-refractivity contribution is 5.76. The number of hydrogen-bond donors (Lipinski definition) is 3. The van der Waals surface area contributed by atoms with Crippen molar-refractivity contribution in [2.24, 2.45) is 0 Å². The Morgan fingerprint density at radius 1 is 0.300 bits per heavy atom. The van der Waals surface area contributed by atoms with Gasteiger partial charge in [0.2, 0.25) is 5.91 Å². The van der Waals surface area contributed by atoms with Crippen molar-refractivity contribution in [1.29, 1.82) is 0 Å². The molecule has 0 spiro atoms. The number of aliphatic hydroxyl groups is 2. The Bertz CT molecular complexity index is 1160. The fourth-order valence-corrected chi connectivity index (χ4v) is 12.2. The van der Waals surface area contributed by atoms with E-state index in [4.69, 9.17) is 4.74 Å². The van der Waals surface area contributed by atoms with Crippen LogP contribution < -0.4 is 5.32 Å². The van der Waals surface area contributed by atoms with Crippen molar-refractivity contribution in [3.05, 3.63) is 0 Å². The Labute approximate surface area is 502 Å². The van der Waals surface area contributed by atoms with E-state index < -0.39 is 12.1 Å². The average molecular weight is 1130 g/mol. The van der Waals surface area contributed by atoms with Gasteiger partial charge in [-0.05, 0) is 25.7 Å². The summed E-state index contributed by atoms with van der Waals surface area (Å²) in [6.45, 7) is 5.01. The molecule has 0 fully saturated rings. The maximum absolute atomic E-state index is 12.6. The fourth-order valence-electron chi connectivity index (χ4n) is 12.2. The molecule has 0 aromatic carbocycles. The van der Waals surface area contributed by atoms with E-state index in [0.29, 0.717) is 25.9 Å². The van der Waals surface area contributed by atoms with Crippen LogP contribution in [0.1, 0.15) is 438 Å². The van der Waals surface area contributed by atoms with Crippen LogP contribution in [-0.4, -0.2) is 47.4 Å². The van der Waals surface area contributed by atoms with E-state index in [9.17, 15) is 19.8 Å². The van der Waals surface area contributed by atoms with E-state index in [0.717, 1.165) is 38.5 Å². The Balaban J connectivity index is 3.33. The zero-order valence-electron chi connectivity index (χ0n) is 54.9. The molecule has 80 heavy (non-hydrogen) atoms. The number of aliphatic hydroxyl groups excluding tert-OH is 2. The highest BCUT2D eigenvalue weighted by Gasteiger charge is 2.20. The second-order valence-electron chi connectivity index (χ2n) is 26.0. The smallest absolute Gasteiger partial charge is 0.305 e. The van der Waals surface area contributed by atoms with E-state index in [1.54, 1.807) is 0 Å². The first-order chi connectivity index (χ1) is 39.5. The molecule has 0 radical (unpaired) electrons. The quantitative estimate of drug-likeness (QED) is 0.0417. The molecule has 0 heterocycles. The van der Waals surface area contributed by atoms with Gasteiger partial charge in [0, 0.05) is 12.8 Å². The van der Waals surface area contributed by atoms with Gasteiger partial charge in [-0.3, -0.25) is 9.59 Å². The second kappa shape index (κ2) is 70.3. The van der Waals surface area contributed by atoms with Gasteiger partial charge in [0.15, 0.2) is 0 Å². The third kappa shape index (κ3) is 66.0. The molecule has 0 rings (SSSR count). The van der Waals surface area contributed by atoms with Crippen LogP contribution in [0.4, 0.5) is 0 Å². The molecule has 6 heteroatoms. The van der Waals surface area contributed by atoms with Gasteiger partial charge in [0.25, 0.3) is 0 Å². The first-order valence-corrected chi connectivity index (χ1v) is 37.3. The third-order valence-corrected chi connectivity index (χ3v) is 17.9. The molecule has 3 N–H and O–H groups in total. The second-order valence-corrected chi connectivity index (χ2v) is 26.0. The van der Waals surface area contributed by atoms with Gasteiger partial charge in [-0.15, -0.1) is 0 Å². The number of carbonyl (C=O) groups excluding carboxylic acids is 2. The lowest BCUT2D eigenvalue weighted by molar-refractivity contribution is -0.143.